The summed E-state index contributed by atoms with van der Waals surface area (Å²) in [4.78, 5) is 13.9. The molecule has 0 bridgehead atoms. The number of carbonyl (C=O) groups excluding carboxylic acids is 1. The molecule has 0 spiro atoms. The van der Waals surface area contributed by atoms with Crippen LogP contribution < -0.4 is 0 Å². The third-order valence-corrected chi connectivity index (χ3v) is 4.10. The van der Waals surface area contributed by atoms with Crippen LogP contribution in [-0.2, 0) is 9.53 Å². The molecule has 0 N–H and O–H groups in total. The van der Waals surface area contributed by atoms with Gasteiger partial charge in [0.1, 0.15) is 0 Å². The van der Waals surface area contributed by atoms with Gasteiger partial charge in [0.05, 0.1) is 13.5 Å². The van der Waals surface area contributed by atoms with Crippen molar-refractivity contribution in [1.82, 2.24) is 4.90 Å². The summed E-state index contributed by atoms with van der Waals surface area (Å²) in [5.41, 5.74) is 0. The van der Waals surface area contributed by atoms with Gasteiger partial charge < -0.3 is 4.74 Å². The second kappa shape index (κ2) is 5.67. The lowest BCUT2D eigenvalue weighted by Gasteiger charge is -2.39. The van der Waals surface area contributed by atoms with Gasteiger partial charge in [0.15, 0.2) is 0 Å². The molecule has 2 aliphatic rings. The van der Waals surface area contributed by atoms with E-state index in [4.69, 9.17) is 4.74 Å². The highest BCUT2D eigenvalue weighted by atomic mass is 16.5. The van der Waals surface area contributed by atoms with Gasteiger partial charge in [0, 0.05) is 12.6 Å². The van der Waals surface area contributed by atoms with E-state index in [1.165, 1.54) is 58.7 Å². The van der Waals surface area contributed by atoms with Crippen molar-refractivity contribution < 1.29 is 9.53 Å². The van der Waals surface area contributed by atoms with Crippen LogP contribution in [0.5, 0.6) is 0 Å². The summed E-state index contributed by atoms with van der Waals surface area (Å²) in [5.74, 6) is 0.851. The molecule has 92 valence electrons. The molecule has 16 heavy (non-hydrogen) atoms. The van der Waals surface area contributed by atoms with E-state index in [2.05, 4.69) is 4.90 Å². The van der Waals surface area contributed by atoms with Gasteiger partial charge in [0.2, 0.25) is 0 Å². The van der Waals surface area contributed by atoms with Crippen LogP contribution in [0.15, 0.2) is 0 Å². The van der Waals surface area contributed by atoms with Gasteiger partial charge in [0.25, 0.3) is 0 Å². The van der Waals surface area contributed by atoms with Gasteiger partial charge in [-0.25, -0.2) is 0 Å². The van der Waals surface area contributed by atoms with Crippen LogP contribution >= 0.6 is 0 Å². The Morgan fingerprint density at radius 3 is 2.69 bits per heavy atom. The number of likely N-dealkylation sites (tertiary alicyclic amines) is 1. The van der Waals surface area contributed by atoms with E-state index in [0.717, 1.165) is 5.92 Å². The van der Waals surface area contributed by atoms with Crippen LogP contribution in [0.3, 0.4) is 0 Å². The van der Waals surface area contributed by atoms with Crippen LogP contribution in [0.25, 0.3) is 0 Å². The van der Waals surface area contributed by atoms with Gasteiger partial charge in [-0.15, -0.1) is 0 Å². The normalized spacial score (nSPS) is 27.4. The fourth-order valence-corrected chi connectivity index (χ4v) is 2.81. The molecule has 2 fully saturated rings. The minimum Gasteiger partial charge on any atom is -0.469 e. The minimum atomic E-state index is -0.0505. The van der Waals surface area contributed by atoms with Crippen molar-refractivity contribution in [1.29, 1.82) is 0 Å². The van der Waals surface area contributed by atoms with Crippen molar-refractivity contribution in [2.24, 2.45) is 5.92 Å². The summed E-state index contributed by atoms with van der Waals surface area (Å²) in [6, 6.07) is 0.446. The van der Waals surface area contributed by atoms with Crippen LogP contribution in [0.2, 0.25) is 0 Å². The lowest BCUT2D eigenvalue weighted by molar-refractivity contribution is -0.142. The number of hydrogen-bond donors (Lipinski definition) is 0. The molecule has 1 aliphatic carbocycles. The molecule has 1 atom stereocenters. The average molecular weight is 225 g/mol. The molecular weight excluding hydrogens is 202 g/mol. The molecule has 3 nitrogen and oxygen atoms in total. The zero-order valence-electron chi connectivity index (χ0n) is 10.3. The first-order valence-corrected chi connectivity index (χ1v) is 6.60. The molecule has 0 aromatic carbocycles. The Bertz CT molecular complexity index is 238. The van der Waals surface area contributed by atoms with Crippen LogP contribution in [0.4, 0.5) is 0 Å². The maximum absolute atomic E-state index is 11.3. The summed E-state index contributed by atoms with van der Waals surface area (Å²) in [5, 5.41) is 0. The Balaban J connectivity index is 1.83. The predicted octanol–water partition coefficient (Wildman–Crippen LogP) is 2.20. The number of hydrogen-bond acceptors (Lipinski definition) is 3. The van der Waals surface area contributed by atoms with Crippen molar-refractivity contribution in [2.75, 3.05) is 20.2 Å². The fraction of sp³-hybridized carbons (Fsp3) is 0.923. The van der Waals surface area contributed by atoms with Crippen LogP contribution in [0.1, 0.15) is 44.9 Å². The lowest BCUT2D eigenvalue weighted by Crippen LogP contribution is -2.44. The zero-order valence-corrected chi connectivity index (χ0v) is 10.3. The molecule has 2 rings (SSSR count). The SMILES string of the molecule is COC(=O)CC1CCCCN1CC1CCC1. The molecular formula is C13H23NO2. The maximum Gasteiger partial charge on any atom is 0.307 e. The third kappa shape index (κ3) is 2.97. The summed E-state index contributed by atoms with van der Waals surface area (Å²) in [7, 11) is 1.49. The molecule has 0 amide bonds. The summed E-state index contributed by atoms with van der Waals surface area (Å²) in [6.07, 6.45) is 8.50. The van der Waals surface area contributed by atoms with Gasteiger partial charge in [-0.1, -0.05) is 12.8 Å². The number of ether oxygens (including phenoxy) is 1. The quantitative estimate of drug-likeness (QED) is 0.687. The smallest absolute Gasteiger partial charge is 0.307 e. The molecule has 0 aromatic rings. The fourth-order valence-electron chi connectivity index (χ4n) is 2.81. The first-order valence-electron chi connectivity index (χ1n) is 6.60. The van der Waals surface area contributed by atoms with Crippen molar-refractivity contribution in [3.8, 4) is 0 Å². The number of esters is 1. The van der Waals surface area contributed by atoms with Crippen molar-refractivity contribution in [2.45, 2.75) is 51.0 Å². The monoisotopic (exact) mass is 225 g/mol. The summed E-state index contributed by atoms with van der Waals surface area (Å²) < 4.78 is 4.78. The number of carbonyl (C=O) groups is 1. The number of rotatable bonds is 4. The highest BCUT2D eigenvalue weighted by Crippen LogP contribution is 2.30. The van der Waals surface area contributed by atoms with E-state index in [-0.39, 0.29) is 5.97 Å². The van der Waals surface area contributed by atoms with E-state index < -0.39 is 0 Å². The Hall–Kier alpha value is -0.570. The Morgan fingerprint density at radius 1 is 1.25 bits per heavy atom. The topological polar surface area (TPSA) is 29.5 Å². The van der Waals surface area contributed by atoms with Gasteiger partial charge >= 0.3 is 5.97 Å². The van der Waals surface area contributed by atoms with Crippen LogP contribution in [0, 0.1) is 5.92 Å². The largest absolute Gasteiger partial charge is 0.469 e. The second-order valence-electron chi connectivity index (χ2n) is 5.22. The molecule has 1 saturated carbocycles. The Labute approximate surface area is 98.1 Å². The highest BCUT2D eigenvalue weighted by Gasteiger charge is 2.28. The van der Waals surface area contributed by atoms with E-state index in [1.807, 2.05) is 0 Å². The number of nitrogens with zero attached hydrogens (tertiary/aromatic N) is 1. The van der Waals surface area contributed by atoms with Crippen LogP contribution in [-0.4, -0.2) is 37.1 Å². The highest BCUT2D eigenvalue weighted by molar-refractivity contribution is 5.69. The van der Waals surface area contributed by atoms with Gasteiger partial charge in [-0.05, 0) is 38.1 Å². The summed E-state index contributed by atoms with van der Waals surface area (Å²) in [6.45, 7) is 2.39. The molecule has 0 aromatic heterocycles. The third-order valence-electron chi connectivity index (χ3n) is 4.10. The molecule has 1 unspecified atom stereocenters. The van der Waals surface area contributed by atoms with E-state index in [1.54, 1.807) is 0 Å². The average Bonchev–Trinajstić information content (AvgIpc) is 2.25. The molecule has 1 aliphatic heterocycles. The Morgan fingerprint density at radius 2 is 2.06 bits per heavy atom. The van der Waals surface area contributed by atoms with E-state index in [9.17, 15) is 4.79 Å². The lowest BCUT2D eigenvalue weighted by atomic mass is 9.84. The standard InChI is InChI=1S/C13H23NO2/c1-16-13(15)9-12-7-2-3-8-14(12)10-11-5-4-6-11/h11-12H,2-10H2,1H3. The molecule has 1 saturated heterocycles. The molecule has 0 radical (unpaired) electrons. The van der Waals surface area contributed by atoms with Crippen molar-refractivity contribution in [3.63, 3.8) is 0 Å². The molecule has 3 heteroatoms. The zero-order chi connectivity index (χ0) is 11.4. The van der Waals surface area contributed by atoms with E-state index in [0.29, 0.717) is 12.5 Å². The maximum atomic E-state index is 11.3. The van der Waals surface area contributed by atoms with Gasteiger partial charge in [-0.2, -0.15) is 0 Å². The second-order valence-corrected chi connectivity index (χ2v) is 5.22. The minimum absolute atomic E-state index is 0.0505. The van der Waals surface area contributed by atoms with E-state index >= 15 is 0 Å². The first-order chi connectivity index (χ1) is 7.79. The predicted molar refractivity (Wildman–Crippen MR) is 63.2 cm³/mol. The summed E-state index contributed by atoms with van der Waals surface area (Å²) >= 11 is 0. The first kappa shape index (κ1) is 11.9. The Kier molecular flexibility index (Phi) is 4.22. The number of piperidine rings is 1. The number of methoxy groups -OCH3 is 1. The molecule has 1 heterocycles. The van der Waals surface area contributed by atoms with Crippen molar-refractivity contribution >= 4 is 5.97 Å². The van der Waals surface area contributed by atoms with Gasteiger partial charge in [-0.3, -0.25) is 9.69 Å². The van der Waals surface area contributed by atoms with Crippen molar-refractivity contribution in [3.05, 3.63) is 0 Å².